The molecule has 2 aromatic heterocycles. The van der Waals surface area contributed by atoms with Crippen molar-refractivity contribution in [1.29, 1.82) is 0 Å². The standard InChI is InChI=1S/C11H14N2O/c14-11(7-9-3-1-5-12-9)8-10-4-2-6-13-10/h1-6,11-14H,7-8H2. The second kappa shape index (κ2) is 4.15. The highest BCUT2D eigenvalue weighted by Crippen LogP contribution is 2.05. The van der Waals surface area contributed by atoms with Crippen molar-refractivity contribution >= 4 is 0 Å². The molecule has 0 saturated carbocycles. The van der Waals surface area contributed by atoms with E-state index < -0.39 is 0 Å². The van der Waals surface area contributed by atoms with Crippen LogP contribution < -0.4 is 0 Å². The highest BCUT2D eigenvalue weighted by molar-refractivity contribution is 5.08. The number of hydrogen-bond donors (Lipinski definition) is 3. The fourth-order valence-corrected chi connectivity index (χ4v) is 1.57. The van der Waals surface area contributed by atoms with Gasteiger partial charge in [-0.25, -0.2) is 0 Å². The van der Waals surface area contributed by atoms with E-state index >= 15 is 0 Å². The van der Waals surface area contributed by atoms with E-state index in [0.717, 1.165) is 11.4 Å². The average molecular weight is 190 g/mol. The second-order valence-corrected chi connectivity index (χ2v) is 3.45. The Morgan fingerprint density at radius 3 is 1.86 bits per heavy atom. The Hall–Kier alpha value is -1.48. The number of aromatic amines is 2. The summed E-state index contributed by atoms with van der Waals surface area (Å²) in [5.74, 6) is 0. The van der Waals surface area contributed by atoms with Crippen LogP contribution >= 0.6 is 0 Å². The average Bonchev–Trinajstić information content (AvgIpc) is 2.76. The molecular weight excluding hydrogens is 176 g/mol. The van der Waals surface area contributed by atoms with Crippen molar-refractivity contribution < 1.29 is 5.11 Å². The Morgan fingerprint density at radius 2 is 1.50 bits per heavy atom. The monoisotopic (exact) mass is 190 g/mol. The van der Waals surface area contributed by atoms with Crippen LogP contribution in [0.4, 0.5) is 0 Å². The third-order valence-corrected chi connectivity index (χ3v) is 2.24. The van der Waals surface area contributed by atoms with Crippen LogP contribution in [0.3, 0.4) is 0 Å². The van der Waals surface area contributed by atoms with Crippen molar-refractivity contribution in [3.05, 3.63) is 48.0 Å². The van der Waals surface area contributed by atoms with E-state index in [4.69, 9.17) is 0 Å². The smallest absolute Gasteiger partial charge is 0.0649 e. The molecule has 0 saturated heterocycles. The van der Waals surface area contributed by atoms with E-state index in [9.17, 15) is 5.11 Å². The zero-order valence-electron chi connectivity index (χ0n) is 7.90. The van der Waals surface area contributed by atoms with Gasteiger partial charge >= 0.3 is 0 Å². The predicted octanol–water partition coefficient (Wildman–Crippen LogP) is 1.49. The van der Waals surface area contributed by atoms with E-state index in [0.29, 0.717) is 12.8 Å². The molecule has 0 bridgehead atoms. The van der Waals surface area contributed by atoms with Gasteiger partial charge in [-0.1, -0.05) is 0 Å². The number of hydrogen-bond acceptors (Lipinski definition) is 1. The molecule has 0 unspecified atom stereocenters. The highest BCUT2D eigenvalue weighted by atomic mass is 16.3. The molecule has 2 heterocycles. The summed E-state index contributed by atoms with van der Waals surface area (Å²) in [4.78, 5) is 6.15. The number of aliphatic hydroxyl groups is 1. The molecule has 0 amide bonds. The van der Waals surface area contributed by atoms with Gasteiger partial charge in [0.05, 0.1) is 6.10 Å². The Labute approximate surface area is 82.8 Å². The summed E-state index contributed by atoms with van der Waals surface area (Å²) in [6.45, 7) is 0. The fourth-order valence-electron chi connectivity index (χ4n) is 1.57. The second-order valence-electron chi connectivity index (χ2n) is 3.45. The Balaban J connectivity index is 1.88. The molecular formula is C11H14N2O. The van der Waals surface area contributed by atoms with Gasteiger partial charge in [-0.2, -0.15) is 0 Å². The lowest BCUT2D eigenvalue weighted by atomic mass is 10.1. The normalized spacial score (nSPS) is 11.0. The van der Waals surface area contributed by atoms with Crippen molar-refractivity contribution in [2.75, 3.05) is 0 Å². The number of nitrogens with one attached hydrogen (secondary N) is 2. The molecule has 0 aliphatic heterocycles. The maximum Gasteiger partial charge on any atom is 0.0649 e. The van der Waals surface area contributed by atoms with Crippen molar-refractivity contribution in [2.45, 2.75) is 18.9 Å². The Morgan fingerprint density at radius 1 is 1.00 bits per heavy atom. The van der Waals surface area contributed by atoms with E-state index in [2.05, 4.69) is 9.97 Å². The lowest BCUT2D eigenvalue weighted by Crippen LogP contribution is -2.14. The van der Waals surface area contributed by atoms with Gasteiger partial charge in [0.2, 0.25) is 0 Å². The molecule has 3 N–H and O–H groups in total. The van der Waals surface area contributed by atoms with Crippen LogP contribution in [0, 0.1) is 0 Å². The van der Waals surface area contributed by atoms with Crippen LogP contribution in [-0.4, -0.2) is 21.2 Å². The maximum atomic E-state index is 9.75. The zero-order valence-corrected chi connectivity index (χ0v) is 7.90. The molecule has 2 aromatic rings. The Bertz CT molecular complexity index is 314. The van der Waals surface area contributed by atoms with Crippen LogP contribution in [0.25, 0.3) is 0 Å². The van der Waals surface area contributed by atoms with Crippen molar-refractivity contribution in [1.82, 2.24) is 9.97 Å². The summed E-state index contributed by atoms with van der Waals surface area (Å²) in [5.41, 5.74) is 2.15. The highest BCUT2D eigenvalue weighted by Gasteiger charge is 2.07. The molecule has 0 fully saturated rings. The third kappa shape index (κ3) is 2.26. The topological polar surface area (TPSA) is 51.8 Å². The molecule has 0 radical (unpaired) electrons. The first kappa shape index (κ1) is 9.09. The molecule has 0 aliphatic carbocycles. The van der Waals surface area contributed by atoms with Gasteiger partial charge in [-0.05, 0) is 24.3 Å². The summed E-state index contributed by atoms with van der Waals surface area (Å²) in [5, 5.41) is 9.75. The molecule has 74 valence electrons. The molecule has 0 atom stereocenters. The minimum Gasteiger partial charge on any atom is -0.392 e. The van der Waals surface area contributed by atoms with Crippen molar-refractivity contribution in [3.8, 4) is 0 Å². The van der Waals surface area contributed by atoms with Crippen molar-refractivity contribution in [2.24, 2.45) is 0 Å². The molecule has 0 spiro atoms. The van der Waals surface area contributed by atoms with Gasteiger partial charge < -0.3 is 15.1 Å². The summed E-state index contributed by atoms with van der Waals surface area (Å²) in [6, 6.07) is 7.85. The zero-order chi connectivity index (χ0) is 9.80. The predicted molar refractivity (Wildman–Crippen MR) is 55.0 cm³/mol. The van der Waals surface area contributed by atoms with E-state index in [1.165, 1.54) is 0 Å². The number of rotatable bonds is 4. The van der Waals surface area contributed by atoms with E-state index in [-0.39, 0.29) is 6.10 Å². The first-order valence-corrected chi connectivity index (χ1v) is 4.77. The van der Waals surface area contributed by atoms with E-state index in [1.54, 1.807) is 0 Å². The summed E-state index contributed by atoms with van der Waals surface area (Å²) >= 11 is 0. The molecule has 3 heteroatoms. The van der Waals surface area contributed by atoms with Gasteiger partial charge in [0.15, 0.2) is 0 Å². The molecule has 0 aromatic carbocycles. The first-order valence-electron chi connectivity index (χ1n) is 4.77. The van der Waals surface area contributed by atoms with Gasteiger partial charge in [0, 0.05) is 36.6 Å². The van der Waals surface area contributed by atoms with Crippen LogP contribution in [-0.2, 0) is 12.8 Å². The number of aliphatic hydroxyl groups excluding tert-OH is 1. The van der Waals surface area contributed by atoms with Gasteiger partial charge in [0.1, 0.15) is 0 Å². The quantitative estimate of drug-likeness (QED) is 0.672. The van der Waals surface area contributed by atoms with Gasteiger partial charge in [-0.3, -0.25) is 0 Å². The van der Waals surface area contributed by atoms with Crippen LogP contribution in [0.15, 0.2) is 36.7 Å². The van der Waals surface area contributed by atoms with Crippen LogP contribution in [0.1, 0.15) is 11.4 Å². The largest absolute Gasteiger partial charge is 0.392 e. The molecule has 2 rings (SSSR count). The first-order chi connectivity index (χ1) is 6.84. The van der Waals surface area contributed by atoms with E-state index in [1.807, 2.05) is 36.7 Å². The van der Waals surface area contributed by atoms with Gasteiger partial charge in [-0.15, -0.1) is 0 Å². The third-order valence-electron chi connectivity index (χ3n) is 2.24. The maximum absolute atomic E-state index is 9.75. The summed E-state index contributed by atoms with van der Waals surface area (Å²) in [6.07, 6.45) is 4.76. The summed E-state index contributed by atoms with van der Waals surface area (Å²) < 4.78 is 0. The summed E-state index contributed by atoms with van der Waals surface area (Å²) in [7, 11) is 0. The molecule has 14 heavy (non-hydrogen) atoms. The molecule has 3 nitrogen and oxygen atoms in total. The number of aromatic nitrogens is 2. The van der Waals surface area contributed by atoms with Crippen LogP contribution in [0.2, 0.25) is 0 Å². The van der Waals surface area contributed by atoms with Crippen LogP contribution in [0.5, 0.6) is 0 Å². The fraction of sp³-hybridized carbons (Fsp3) is 0.273. The SMILES string of the molecule is OC(Cc1ccc[nH]1)Cc1ccc[nH]1. The lowest BCUT2D eigenvalue weighted by molar-refractivity contribution is 0.173. The lowest BCUT2D eigenvalue weighted by Gasteiger charge is -2.07. The molecule has 0 aliphatic rings. The Kier molecular flexibility index (Phi) is 2.70. The minimum absolute atomic E-state index is 0.327. The van der Waals surface area contributed by atoms with Crippen molar-refractivity contribution in [3.63, 3.8) is 0 Å². The van der Waals surface area contributed by atoms with Gasteiger partial charge in [0.25, 0.3) is 0 Å². The number of H-pyrrole nitrogens is 2. The minimum atomic E-state index is -0.327.